The van der Waals surface area contributed by atoms with E-state index in [-0.39, 0.29) is 45.9 Å². The normalized spacial score (nSPS) is 14.8. The van der Waals surface area contributed by atoms with Gasteiger partial charge >= 0.3 is 0 Å². The molecule has 0 atom stereocenters. The lowest BCUT2D eigenvalue weighted by Crippen LogP contribution is -2.67. The predicted octanol–water partition coefficient (Wildman–Crippen LogP) is 14.7. The Balaban J connectivity index is 1.30. The summed E-state index contributed by atoms with van der Waals surface area (Å²) in [6.07, 6.45) is 0. The molecule has 3 nitrogen and oxygen atoms in total. The van der Waals surface area contributed by atoms with Crippen LogP contribution in [0.1, 0.15) is 158 Å². The van der Waals surface area contributed by atoms with Crippen molar-refractivity contribution < 1.29 is 0 Å². The highest BCUT2D eigenvalue weighted by Gasteiger charge is 2.52. The van der Waals surface area contributed by atoms with Crippen molar-refractivity contribution in [2.24, 2.45) is 0 Å². The van der Waals surface area contributed by atoms with Crippen molar-refractivity contribution in [3.05, 3.63) is 149 Å². The van der Waals surface area contributed by atoms with Gasteiger partial charge in [0.15, 0.2) is 0 Å². The summed E-state index contributed by atoms with van der Waals surface area (Å²) in [5.74, 6) is 0. The Hall–Kier alpha value is -6.71. The first-order chi connectivity index (χ1) is 36.0. The molecule has 0 aliphatic carbocycles. The summed E-state index contributed by atoms with van der Waals surface area (Å²) in [5, 5.41) is 8.14. The van der Waals surface area contributed by atoms with Crippen LogP contribution in [0.25, 0.3) is 93.6 Å². The van der Waals surface area contributed by atoms with Gasteiger partial charge in [0.05, 0.1) is 22.4 Å². The second-order valence-corrected chi connectivity index (χ2v) is 30.3. The number of nitrogens with zero attached hydrogens (tertiary/aromatic N) is 3. The van der Waals surface area contributed by atoms with Crippen LogP contribution in [0.4, 0.5) is 0 Å². The summed E-state index contributed by atoms with van der Waals surface area (Å²) in [5.41, 5.74) is 31.2. The fourth-order valence-corrected chi connectivity index (χ4v) is 14.8. The maximum absolute atomic E-state index is 2.85. The van der Waals surface area contributed by atoms with Crippen LogP contribution >= 0.6 is 0 Å². The van der Waals surface area contributed by atoms with E-state index in [0.29, 0.717) is 0 Å². The van der Waals surface area contributed by atoms with E-state index >= 15 is 0 Å². The van der Waals surface area contributed by atoms with Gasteiger partial charge in [-0.15, -0.1) is 0 Å². The van der Waals surface area contributed by atoms with Gasteiger partial charge in [0.25, 0.3) is 13.4 Å². The zero-order valence-corrected chi connectivity index (χ0v) is 49.0. The summed E-state index contributed by atoms with van der Waals surface area (Å²) in [7, 11) is 0. The van der Waals surface area contributed by atoms with Crippen molar-refractivity contribution >= 4 is 112 Å². The number of rotatable bonds is 1. The number of aromatic nitrogens is 3. The summed E-state index contributed by atoms with van der Waals surface area (Å²) in [4.78, 5) is 0. The minimum Gasteiger partial charge on any atom is -0.311 e. The van der Waals surface area contributed by atoms with Crippen molar-refractivity contribution in [1.82, 2.24) is 13.7 Å². The molecule has 0 spiro atoms. The van der Waals surface area contributed by atoms with E-state index < -0.39 is 0 Å². The predicted molar refractivity (Wildman–Crippen MR) is 336 cm³/mol. The quantitative estimate of drug-likeness (QED) is 0.146. The van der Waals surface area contributed by atoms with Gasteiger partial charge in [-0.25, -0.2) is 0 Å². The third-order valence-corrected chi connectivity index (χ3v) is 19.0. The molecule has 0 fully saturated rings. The van der Waals surface area contributed by atoms with Crippen LogP contribution in [0.2, 0.25) is 0 Å². The van der Waals surface area contributed by atoms with E-state index in [0.717, 1.165) is 0 Å². The Morgan fingerprint density at radius 1 is 0.286 bits per heavy atom. The molecule has 0 saturated heterocycles. The zero-order valence-electron chi connectivity index (χ0n) is 49.0. The van der Waals surface area contributed by atoms with Gasteiger partial charge in [-0.1, -0.05) is 203 Å². The van der Waals surface area contributed by atoms with E-state index in [1.165, 1.54) is 160 Å². The Bertz CT molecular complexity index is 4280. The molecule has 4 aliphatic rings. The van der Waals surface area contributed by atoms with Crippen LogP contribution in [0.3, 0.4) is 0 Å². The van der Waals surface area contributed by atoms with Gasteiger partial charge in [-0.3, -0.25) is 0 Å². The number of fused-ring (bicyclic) bond motifs is 13. The van der Waals surface area contributed by atoms with Crippen molar-refractivity contribution in [3.8, 4) is 28.2 Å². The summed E-state index contributed by atoms with van der Waals surface area (Å²) in [6.45, 7) is 43.2. The Labute approximate surface area is 456 Å². The molecule has 8 aromatic carbocycles. The maximum atomic E-state index is 2.85. The van der Waals surface area contributed by atoms with Crippen molar-refractivity contribution in [2.75, 3.05) is 0 Å². The second kappa shape index (κ2) is 14.3. The first-order valence-corrected chi connectivity index (χ1v) is 28.8. The second-order valence-electron chi connectivity index (χ2n) is 30.3. The van der Waals surface area contributed by atoms with Crippen LogP contribution < -0.4 is 32.8 Å². The van der Waals surface area contributed by atoms with E-state index in [4.69, 9.17) is 0 Å². The minimum absolute atomic E-state index is 0.0291. The number of hydrogen-bond acceptors (Lipinski definition) is 0. The van der Waals surface area contributed by atoms with Gasteiger partial charge < -0.3 is 13.7 Å². The smallest absolute Gasteiger partial charge is 0.252 e. The fraction of sp³-hybridized carbons (Fsp3) is 0.333. The standard InChI is InChI=1S/C72H73B2N3/c1-67(2,3)39-24-26-45-47-28-41(69(7,8)9)32-51-60(47)75(55(45)36-39)64-57(38-22-20-19-21-23-38)65-59-66-58(64)73(51)53-34-43(71(13,14)15)30-49-50-31-44(72(16,17)18)35-54(63(50)77(66)62(49)53)74(59)52-33-42(70(10,11)12)29-48-46-27-25-40(68(4,5)6)37-56(46)76(65)61(48)52/h19-37H,1-18H3. The van der Waals surface area contributed by atoms with Gasteiger partial charge in [0.1, 0.15) is 0 Å². The van der Waals surface area contributed by atoms with Gasteiger partial charge in [0, 0.05) is 65.6 Å². The first-order valence-electron chi connectivity index (χ1n) is 28.8. The highest BCUT2D eigenvalue weighted by atomic mass is 15.1. The van der Waals surface area contributed by atoms with Crippen molar-refractivity contribution in [2.45, 2.75) is 157 Å². The highest BCUT2D eigenvalue weighted by molar-refractivity contribution is 7.04. The maximum Gasteiger partial charge on any atom is 0.252 e. The number of benzene rings is 8. The average Bonchev–Trinajstić information content (AvgIpc) is 2.48. The lowest BCUT2D eigenvalue weighted by Gasteiger charge is -2.43. The lowest BCUT2D eigenvalue weighted by atomic mass is 9.29. The molecule has 11 aromatic rings. The lowest BCUT2D eigenvalue weighted by molar-refractivity contribution is 0.590. The summed E-state index contributed by atoms with van der Waals surface area (Å²) < 4.78 is 8.45. The molecule has 3 aromatic heterocycles. The average molecular weight is 1000 g/mol. The molecule has 0 unspecified atom stereocenters. The topological polar surface area (TPSA) is 14.8 Å². The van der Waals surface area contributed by atoms with Crippen LogP contribution in [0.5, 0.6) is 0 Å². The molecule has 77 heavy (non-hydrogen) atoms. The molecule has 0 N–H and O–H groups in total. The van der Waals surface area contributed by atoms with Crippen molar-refractivity contribution in [1.29, 1.82) is 0 Å². The van der Waals surface area contributed by atoms with Crippen LogP contribution in [-0.2, 0) is 32.5 Å². The van der Waals surface area contributed by atoms with Gasteiger partial charge in [-0.2, -0.15) is 0 Å². The molecule has 0 bridgehead atoms. The molecule has 382 valence electrons. The van der Waals surface area contributed by atoms with Crippen LogP contribution in [0.15, 0.2) is 115 Å². The fourth-order valence-electron chi connectivity index (χ4n) is 14.8. The Morgan fingerprint density at radius 2 is 0.597 bits per heavy atom. The van der Waals surface area contributed by atoms with Gasteiger partial charge in [-0.05, 0) is 141 Å². The molecule has 0 amide bonds. The molecular formula is C72H73B2N3. The largest absolute Gasteiger partial charge is 0.311 e. The molecule has 4 aliphatic heterocycles. The van der Waals surface area contributed by atoms with E-state index in [9.17, 15) is 0 Å². The summed E-state index contributed by atoms with van der Waals surface area (Å²) in [6, 6.07) is 47.5. The third-order valence-electron chi connectivity index (χ3n) is 19.0. The Kier molecular flexibility index (Phi) is 8.82. The van der Waals surface area contributed by atoms with E-state index in [1.807, 2.05) is 0 Å². The van der Waals surface area contributed by atoms with E-state index in [2.05, 4.69) is 254 Å². The molecule has 7 heterocycles. The Morgan fingerprint density at radius 3 is 0.922 bits per heavy atom. The van der Waals surface area contributed by atoms with E-state index in [1.54, 1.807) is 0 Å². The van der Waals surface area contributed by atoms with Crippen LogP contribution in [-0.4, -0.2) is 27.1 Å². The van der Waals surface area contributed by atoms with Crippen molar-refractivity contribution in [3.63, 3.8) is 0 Å². The van der Waals surface area contributed by atoms with Gasteiger partial charge in [0.2, 0.25) is 0 Å². The molecule has 0 radical (unpaired) electrons. The van der Waals surface area contributed by atoms with Crippen LogP contribution in [0, 0.1) is 0 Å². The monoisotopic (exact) mass is 1000 g/mol. The zero-order chi connectivity index (χ0) is 54.1. The minimum atomic E-state index is -0.0897. The third kappa shape index (κ3) is 6.07. The molecule has 0 saturated carbocycles. The SMILES string of the molecule is CC(C)(C)c1cc2c3c(c1)c1ccc(C(C)(C)C)cc1n3-c1c3c4c5c(c1-c1ccccc1)-n1c6cc(C(C)(C)C)ccc6c6cc(C(C)(C)C)cc(c61)B5c1cc(C(C)(C)C)cc5c6cc(C(C)(C)C)cc(c6n-4c15)B32. The molecule has 5 heteroatoms. The summed E-state index contributed by atoms with van der Waals surface area (Å²) >= 11 is 0. The number of hydrogen-bond donors (Lipinski definition) is 0. The first kappa shape index (κ1) is 47.5. The highest BCUT2D eigenvalue weighted by Crippen LogP contribution is 2.50. The molecule has 15 rings (SSSR count). The molecular weight excluding hydrogens is 928 g/mol.